The largest absolute Gasteiger partial charge is 0.338 e. The number of carbonyl (C=O) groups is 1. The number of amides is 1. The summed E-state index contributed by atoms with van der Waals surface area (Å²) in [5.41, 5.74) is 3.33. The van der Waals surface area contributed by atoms with Crippen LogP contribution in [-0.4, -0.2) is 32.5 Å². The van der Waals surface area contributed by atoms with Gasteiger partial charge >= 0.3 is 0 Å². The lowest BCUT2D eigenvalue weighted by atomic mass is 9.86. The lowest BCUT2D eigenvalue weighted by molar-refractivity contribution is -0.132. The van der Waals surface area contributed by atoms with Gasteiger partial charge in [0.1, 0.15) is 0 Å². The summed E-state index contributed by atoms with van der Waals surface area (Å²) in [5.74, 6) is 1.09. The minimum Gasteiger partial charge on any atom is -0.338 e. The van der Waals surface area contributed by atoms with Gasteiger partial charge in [-0.2, -0.15) is 5.10 Å². The summed E-state index contributed by atoms with van der Waals surface area (Å²) in [6, 6.07) is 0. The van der Waals surface area contributed by atoms with Gasteiger partial charge in [0.15, 0.2) is 5.65 Å². The zero-order valence-electron chi connectivity index (χ0n) is 13.6. The summed E-state index contributed by atoms with van der Waals surface area (Å²) in [7, 11) is 0. The van der Waals surface area contributed by atoms with Crippen LogP contribution in [0.3, 0.4) is 0 Å². The van der Waals surface area contributed by atoms with Crippen molar-refractivity contribution < 1.29 is 4.79 Å². The van der Waals surface area contributed by atoms with Gasteiger partial charge in [0.25, 0.3) is 0 Å². The van der Waals surface area contributed by atoms with E-state index in [-0.39, 0.29) is 0 Å². The second-order valence-electron chi connectivity index (χ2n) is 7.00. The van der Waals surface area contributed by atoms with E-state index in [0.29, 0.717) is 18.9 Å². The van der Waals surface area contributed by atoms with Crippen LogP contribution in [0.4, 0.5) is 0 Å². The summed E-state index contributed by atoms with van der Waals surface area (Å²) in [6.07, 6.45) is 13.1. The van der Waals surface area contributed by atoms with Crippen LogP contribution < -0.4 is 0 Å². The molecule has 1 aliphatic heterocycles. The van der Waals surface area contributed by atoms with E-state index in [1.54, 1.807) is 0 Å². The van der Waals surface area contributed by atoms with E-state index in [1.807, 2.05) is 17.3 Å². The highest BCUT2D eigenvalue weighted by Crippen LogP contribution is 2.29. The zero-order chi connectivity index (χ0) is 15.6. The number of aromatic nitrogens is 3. The zero-order valence-corrected chi connectivity index (χ0v) is 13.6. The molecule has 1 N–H and O–H groups in total. The highest BCUT2D eigenvalue weighted by molar-refractivity contribution is 5.81. The Balaban J connectivity index is 1.40. The van der Waals surface area contributed by atoms with Crippen LogP contribution in [-0.2, 0) is 17.8 Å². The first-order valence-electron chi connectivity index (χ1n) is 8.89. The van der Waals surface area contributed by atoms with Crippen LogP contribution in [0.1, 0.15) is 56.1 Å². The van der Waals surface area contributed by atoms with E-state index in [0.717, 1.165) is 36.3 Å². The fraction of sp³-hybridized carbons (Fsp3) is 0.611. The maximum Gasteiger partial charge on any atom is 0.222 e. The molecule has 23 heavy (non-hydrogen) atoms. The third kappa shape index (κ3) is 2.96. The average Bonchev–Trinajstić information content (AvgIpc) is 3.09. The molecule has 0 spiro atoms. The van der Waals surface area contributed by atoms with E-state index < -0.39 is 0 Å². The SMILES string of the molecule is O=C(CCC1CCCCC1)N1CCc2c(cnc3[nH]ncc23)C1. The number of carbonyl (C=O) groups excluding carboxylic acids is 1. The molecule has 4 rings (SSSR count). The first-order chi connectivity index (χ1) is 11.3. The lowest BCUT2D eigenvalue weighted by Gasteiger charge is -2.30. The number of rotatable bonds is 3. The van der Waals surface area contributed by atoms with E-state index in [1.165, 1.54) is 43.2 Å². The number of aromatic amines is 1. The number of nitrogens with one attached hydrogen (secondary N) is 1. The molecule has 1 aliphatic carbocycles. The second-order valence-corrected chi connectivity index (χ2v) is 7.00. The monoisotopic (exact) mass is 312 g/mol. The summed E-state index contributed by atoms with van der Waals surface area (Å²) in [5, 5.41) is 8.10. The topological polar surface area (TPSA) is 61.9 Å². The number of H-pyrrole nitrogens is 1. The molecule has 5 heteroatoms. The fourth-order valence-corrected chi connectivity index (χ4v) is 4.13. The van der Waals surface area contributed by atoms with E-state index in [4.69, 9.17) is 0 Å². The van der Waals surface area contributed by atoms with Crippen molar-refractivity contribution >= 4 is 16.9 Å². The Morgan fingerprint density at radius 1 is 1.26 bits per heavy atom. The minimum atomic E-state index is 0.313. The standard InChI is InChI=1S/C18H24N4O/c23-17(7-6-13-4-2-1-3-5-13)22-9-8-15-14(12-22)10-19-18-16(15)11-20-21-18/h10-11,13H,1-9,12H2,(H,19,20,21). The van der Waals surface area contributed by atoms with Crippen LogP contribution >= 0.6 is 0 Å². The molecule has 0 unspecified atom stereocenters. The van der Waals surface area contributed by atoms with E-state index in [9.17, 15) is 4.79 Å². The van der Waals surface area contributed by atoms with Crippen LogP contribution in [0.5, 0.6) is 0 Å². The Hall–Kier alpha value is -1.91. The Bertz CT molecular complexity index is 702. The predicted octanol–water partition coefficient (Wildman–Crippen LogP) is 3.20. The molecule has 2 aromatic rings. The Labute approximate surface area is 136 Å². The summed E-state index contributed by atoms with van der Waals surface area (Å²) < 4.78 is 0. The van der Waals surface area contributed by atoms with Gasteiger partial charge < -0.3 is 4.90 Å². The lowest BCUT2D eigenvalue weighted by Crippen LogP contribution is -2.36. The molecule has 1 saturated carbocycles. The average molecular weight is 312 g/mol. The number of nitrogens with zero attached hydrogens (tertiary/aromatic N) is 3. The Kier molecular flexibility index (Phi) is 4.02. The van der Waals surface area contributed by atoms with Crippen molar-refractivity contribution in [2.24, 2.45) is 5.92 Å². The van der Waals surface area contributed by atoms with Crippen LogP contribution in [0.2, 0.25) is 0 Å². The number of hydrogen-bond acceptors (Lipinski definition) is 3. The molecule has 2 aliphatic rings. The summed E-state index contributed by atoms with van der Waals surface area (Å²) in [6.45, 7) is 1.52. The third-order valence-corrected chi connectivity index (χ3v) is 5.52. The first kappa shape index (κ1) is 14.7. The van der Waals surface area contributed by atoms with Gasteiger partial charge in [-0.05, 0) is 29.9 Å². The van der Waals surface area contributed by atoms with Crippen molar-refractivity contribution in [1.29, 1.82) is 0 Å². The summed E-state index contributed by atoms with van der Waals surface area (Å²) >= 11 is 0. The number of pyridine rings is 1. The molecule has 0 saturated heterocycles. The molecule has 1 amide bonds. The van der Waals surface area contributed by atoms with Crippen molar-refractivity contribution in [2.75, 3.05) is 6.54 Å². The Morgan fingerprint density at radius 2 is 2.13 bits per heavy atom. The fourth-order valence-electron chi connectivity index (χ4n) is 4.13. The van der Waals surface area contributed by atoms with Crippen LogP contribution in [0.25, 0.3) is 11.0 Å². The van der Waals surface area contributed by atoms with Gasteiger partial charge in [0.2, 0.25) is 5.91 Å². The van der Waals surface area contributed by atoms with Crippen LogP contribution in [0, 0.1) is 5.92 Å². The molecule has 5 nitrogen and oxygen atoms in total. The van der Waals surface area contributed by atoms with Crippen molar-refractivity contribution in [3.8, 4) is 0 Å². The molecule has 2 aromatic heterocycles. The summed E-state index contributed by atoms with van der Waals surface area (Å²) in [4.78, 5) is 19.0. The van der Waals surface area contributed by atoms with Gasteiger partial charge in [-0.25, -0.2) is 4.98 Å². The normalized spacial score (nSPS) is 19.0. The van der Waals surface area contributed by atoms with Crippen molar-refractivity contribution in [1.82, 2.24) is 20.1 Å². The molecule has 122 valence electrons. The molecule has 0 bridgehead atoms. The molecule has 3 heterocycles. The van der Waals surface area contributed by atoms with E-state index >= 15 is 0 Å². The molecule has 0 aromatic carbocycles. The molecule has 0 radical (unpaired) electrons. The number of hydrogen-bond donors (Lipinski definition) is 1. The van der Waals surface area contributed by atoms with Gasteiger partial charge in [-0.3, -0.25) is 9.89 Å². The molecular weight excluding hydrogens is 288 g/mol. The smallest absolute Gasteiger partial charge is 0.222 e. The van der Waals surface area contributed by atoms with Crippen molar-refractivity contribution in [2.45, 2.75) is 57.9 Å². The maximum absolute atomic E-state index is 12.6. The van der Waals surface area contributed by atoms with Crippen molar-refractivity contribution in [3.05, 3.63) is 23.5 Å². The van der Waals surface area contributed by atoms with Gasteiger partial charge in [-0.15, -0.1) is 0 Å². The first-order valence-corrected chi connectivity index (χ1v) is 8.89. The molecular formula is C18H24N4O. The van der Waals surface area contributed by atoms with Gasteiger partial charge in [0.05, 0.1) is 6.20 Å². The Morgan fingerprint density at radius 3 is 3.00 bits per heavy atom. The van der Waals surface area contributed by atoms with E-state index in [2.05, 4.69) is 15.2 Å². The minimum absolute atomic E-state index is 0.313. The molecule has 1 fully saturated rings. The van der Waals surface area contributed by atoms with Gasteiger partial charge in [0, 0.05) is 31.1 Å². The second kappa shape index (κ2) is 6.30. The van der Waals surface area contributed by atoms with Crippen LogP contribution in [0.15, 0.2) is 12.4 Å². The highest BCUT2D eigenvalue weighted by atomic mass is 16.2. The molecule has 0 atom stereocenters. The maximum atomic E-state index is 12.6. The predicted molar refractivity (Wildman–Crippen MR) is 88.8 cm³/mol. The van der Waals surface area contributed by atoms with Crippen molar-refractivity contribution in [3.63, 3.8) is 0 Å². The number of fused-ring (bicyclic) bond motifs is 3. The highest BCUT2D eigenvalue weighted by Gasteiger charge is 2.24. The third-order valence-electron chi connectivity index (χ3n) is 5.52. The quantitative estimate of drug-likeness (QED) is 0.946. The van der Waals surface area contributed by atoms with Gasteiger partial charge in [-0.1, -0.05) is 32.1 Å².